The highest BCUT2D eigenvalue weighted by Crippen LogP contribution is 2.22. The number of ether oxygens (including phenoxy) is 1. The minimum absolute atomic E-state index is 0.214. The Kier molecular flexibility index (Phi) is 5.47. The summed E-state index contributed by atoms with van der Waals surface area (Å²) in [5, 5.41) is 2.68. The van der Waals surface area contributed by atoms with Crippen molar-refractivity contribution in [1.29, 1.82) is 0 Å². The second-order valence-corrected chi connectivity index (χ2v) is 7.55. The molecule has 1 fully saturated rings. The van der Waals surface area contributed by atoms with Crippen molar-refractivity contribution in [1.82, 2.24) is 10.2 Å². The van der Waals surface area contributed by atoms with Crippen LogP contribution in [0.25, 0.3) is 0 Å². The van der Waals surface area contributed by atoms with Gasteiger partial charge in [0.2, 0.25) is 0 Å². The van der Waals surface area contributed by atoms with Gasteiger partial charge in [-0.15, -0.1) is 0 Å². The molecule has 0 saturated carbocycles. The Morgan fingerprint density at radius 1 is 1.33 bits per heavy atom. The zero-order chi connectivity index (χ0) is 18.1. The Labute approximate surface area is 147 Å². The van der Waals surface area contributed by atoms with Crippen LogP contribution in [0.5, 0.6) is 0 Å². The molecule has 1 aliphatic heterocycles. The molecular formula is C16H19BrF2N2O3. The quantitative estimate of drug-likeness (QED) is 0.767. The molecule has 1 saturated heterocycles. The number of hydrogen-bond acceptors (Lipinski definition) is 3. The summed E-state index contributed by atoms with van der Waals surface area (Å²) in [6.07, 6.45) is -0.0511. The van der Waals surface area contributed by atoms with Gasteiger partial charge in [-0.05, 0) is 39.3 Å². The molecule has 1 N–H and O–H groups in total. The summed E-state index contributed by atoms with van der Waals surface area (Å²) >= 11 is 3.05. The lowest BCUT2D eigenvalue weighted by atomic mass is 10.2. The molecule has 0 spiro atoms. The molecule has 24 heavy (non-hydrogen) atoms. The van der Waals surface area contributed by atoms with Crippen LogP contribution in [0.4, 0.5) is 13.6 Å². The molecule has 0 bridgehead atoms. The van der Waals surface area contributed by atoms with Gasteiger partial charge < -0.3 is 15.0 Å². The summed E-state index contributed by atoms with van der Waals surface area (Å²) in [5.74, 6) is -2.87. The van der Waals surface area contributed by atoms with Crippen LogP contribution in [-0.4, -0.2) is 41.6 Å². The molecule has 1 aromatic rings. The minimum atomic E-state index is -1.17. The van der Waals surface area contributed by atoms with Gasteiger partial charge in [-0.3, -0.25) is 4.79 Å². The molecule has 8 heteroatoms. The number of hydrogen-bond donors (Lipinski definition) is 1. The van der Waals surface area contributed by atoms with Gasteiger partial charge in [0.1, 0.15) is 5.60 Å². The Hall–Kier alpha value is -1.70. The molecule has 1 aromatic carbocycles. The number of halogens is 3. The zero-order valence-electron chi connectivity index (χ0n) is 13.7. The number of carbonyl (C=O) groups is 2. The maximum absolute atomic E-state index is 13.8. The summed E-state index contributed by atoms with van der Waals surface area (Å²) in [5.41, 5.74) is -0.949. The molecular weight excluding hydrogens is 386 g/mol. The number of nitrogens with one attached hydrogen (secondary N) is 1. The third-order valence-corrected chi connectivity index (χ3v) is 3.88. The van der Waals surface area contributed by atoms with E-state index in [0.29, 0.717) is 13.0 Å². The maximum Gasteiger partial charge on any atom is 0.407 e. The van der Waals surface area contributed by atoms with Crippen molar-refractivity contribution in [2.75, 3.05) is 13.1 Å². The Bertz CT molecular complexity index is 661. The number of alkyl carbamates (subject to hydrolysis) is 1. The lowest BCUT2D eigenvalue weighted by Gasteiger charge is -2.22. The molecule has 2 rings (SSSR count). The van der Waals surface area contributed by atoms with Crippen molar-refractivity contribution >= 4 is 27.9 Å². The SMILES string of the molecule is CC(C)(C)OC(=O)N[C@H]1CCN(C(=O)c2cc(Br)cc(F)c2F)C1. The van der Waals surface area contributed by atoms with E-state index < -0.39 is 29.2 Å². The normalized spacial score (nSPS) is 17.8. The van der Waals surface area contributed by atoms with Crippen LogP contribution in [0.15, 0.2) is 16.6 Å². The molecule has 0 aliphatic carbocycles. The average molecular weight is 405 g/mol. The largest absolute Gasteiger partial charge is 0.444 e. The molecule has 2 amide bonds. The second-order valence-electron chi connectivity index (χ2n) is 6.63. The fourth-order valence-corrected chi connectivity index (χ4v) is 2.85. The zero-order valence-corrected chi connectivity index (χ0v) is 15.2. The van der Waals surface area contributed by atoms with Crippen LogP contribution in [0.3, 0.4) is 0 Å². The maximum atomic E-state index is 13.8. The lowest BCUT2D eigenvalue weighted by molar-refractivity contribution is 0.0502. The van der Waals surface area contributed by atoms with Crippen LogP contribution >= 0.6 is 15.9 Å². The van der Waals surface area contributed by atoms with Crippen LogP contribution in [0.2, 0.25) is 0 Å². The highest BCUT2D eigenvalue weighted by atomic mass is 79.9. The molecule has 1 aliphatic rings. The van der Waals surface area contributed by atoms with Crippen molar-refractivity contribution in [3.05, 3.63) is 33.8 Å². The van der Waals surface area contributed by atoms with Gasteiger partial charge in [0.25, 0.3) is 5.91 Å². The molecule has 1 heterocycles. The van der Waals surface area contributed by atoms with E-state index in [1.165, 1.54) is 11.0 Å². The Morgan fingerprint density at radius 3 is 2.62 bits per heavy atom. The van der Waals surface area contributed by atoms with Crippen molar-refractivity contribution in [2.45, 2.75) is 38.8 Å². The van der Waals surface area contributed by atoms with Gasteiger partial charge in [0, 0.05) is 17.6 Å². The average Bonchev–Trinajstić information content (AvgIpc) is 2.88. The van der Waals surface area contributed by atoms with E-state index >= 15 is 0 Å². The lowest BCUT2D eigenvalue weighted by Crippen LogP contribution is -2.41. The predicted octanol–water partition coefficient (Wildman–Crippen LogP) is 3.47. The van der Waals surface area contributed by atoms with Gasteiger partial charge in [0.15, 0.2) is 11.6 Å². The third kappa shape index (κ3) is 4.66. The summed E-state index contributed by atoms with van der Waals surface area (Å²) < 4.78 is 32.7. The molecule has 5 nitrogen and oxygen atoms in total. The van der Waals surface area contributed by atoms with Crippen LogP contribution in [0.1, 0.15) is 37.6 Å². The van der Waals surface area contributed by atoms with Crippen LogP contribution in [-0.2, 0) is 4.74 Å². The smallest absolute Gasteiger partial charge is 0.407 e. The van der Waals surface area contributed by atoms with Gasteiger partial charge in [-0.2, -0.15) is 0 Å². The van der Waals surface area contributed by atoms with E-state index in [2.05, 4.69) is 21.2 Å². The predicted molar refractivity (Wildman–Crippen MR) is 87.7 cm³/mol. The fraction of sp³-hybridized carbons (Fsp3) is 0.500. The number of carbonyl (C=O) groups excluding carboxylic acids is 2. The number of rotatable bonds is 2. The molecule has 0 radical (unpaired) electrons. The van der Waals surface area contributed by atoms with Crippen molar-refractivity contribution in [3.63, 3.8) is 0 Å². The first kappa shape index (κ1) is 18.6. The van der Waals surface area contributed by atoms with Gasteiger partial charge >= 0.3 is 6.09 Å². The summed E-state index contributed by atoms with van der Waals surface area (Å²) in [4.78, 5) is 25.5. The van der Waals surface area contributed by atoms with Gasteiger partial charge in [0.05, 0.1) is 11.6 Å². The van der Waals surface area contributed by atoms with E-state index in [9.17, 15) is 18.4 Å². The number of amides is 2. The van der Waals surface area contributed by atoms with Crippen molar-refractivity contribution < 1.29 is 23.1 Å². The summed E-state index contributed by atoms with van der Waals surface area (Å²) in [7, 11) is 0. The first-order chi connectivity index (χ1) is 11.1. The molecule has 0 aromatic heterocycles. The summed E-state index contributed by atoms with van der Waals surface area (Å²) in [6.45, 7) is 5.81. The van der Waals surface area contributed by atoms with E-state index in [1.54, 1.807) is 20.8 Å². The monoisotopic (exact) mass is 404 g/mol. The second kappa shape index (κ2) is 7.04. The Morgan fingerprint density at radius 2 is 2.00 bits per heavy atom. The standard InChI is InChI=1S/C16H19BrF2N2O3/c1-16(2,3)24-15(23)20-10-4-5-21(8-10)14(22)11-6-9(17)7-12(18)13(11)19/h6-7,10H,4-5,8H2,1-3H3,(H,20,23)/t10-/m0/s1. The molecule has 0 unspecified atom stereocenters. The fourth-order valence-electron chi connectivity index (χ4n) is 2.42. The van der Waals surface area contributed by atoms with E-state index in [4.69, 9.17) is 4.74 Å². The highest BCUT2D eigenvalue weighted by Gasteiger charge is 2.31. The summed E-state index contributed by atoms with van der Waals surface area (Å²) in [6, 6.07) is 1.92. The number of nitrogens with zero attached hydrogens (tertiary/aromatic N) is 1. The van der Waals surface area contributed by atoms with Crippen molar-refractivity contribution in [3.8, 4) is 0 Å². The van der Waals surface area contributed by atoms with E-state index in [1.807, 2.05) is 0 Å². The minimum Gasteiger partial charge on any atom is -0.444 e. The molecule has 132 valence electrons. The molecule has 1 atom stereocenters. The number of likely N-dealkylation sites (tertiary alicyclic amines) is 1. The van der Waals surface area contributed by atoms with Crippen molar-refractivity contribution in [2.24, 2.45) is 0 Å². The van der Waals surface area contributed by atoms with Gasteiger partial charge in [-0.25, -0.2) is 13.6 Å². The Balaban J connectivity index is 2.01. The topological polar surface area (TPSA) is 58.6 Å². The first-order valence-electron chi connectivity index (χ1n) is 7.50. The first-order valence-corrected chi connectivity index (χ1v) is 8.29. The highest BCUT2D eigenvalue weighted by molar-refractivity contribution is 9.10. The van der Waals surface area contributed by atoms with E-state index in [-0.39, 0.29) is 22.6 Å². The number of benzene rings is 1. The third-order valence-electron chi connectivity index (χ3n) is 3.42. The van der Waals surface area contributed by atoms with Crippen LogP contribution < -0.4 is 5.32 Å². The van der Waals surface area contributed by atoms with Gasteiger partial charge in [-0.1, -0.05) is 15.9 Å². The van der Waals surface area contributed by atoms with E-state index in [0.717, 1.165) is 6.07 Å². The van der Waals surface area contributed by atoms with Crippen LogP contribution in [0, 0.1) is 11.6 Å².